The average Bonchev–Trinajstić information content (AvgIpc) is 2.48. The maximum Gasteiger partial charge on any atom is 0.679 e. The van der Waals surface area contributed by atoms with Gasteiger partial charge >= 0.3 is 9.05 Å². The molecule has 0 aromatic heterocycles. The lowest BCUT2D eigenvalue weighted by Gasteiger charge is -2.24. The van der Waals surface area contributed by atoms with Crippen LogP contribution in [-0.4, -0.2) is 36.5 Å². The Bertz CT molecular complexity index is 198. The van der Waals surface area contributed by atoms with Crippen molar-refractivity contribution in [1.82, 2.24) is 0 Å². The maximum atomic E-state index is 5.70. The Morgan fingerprint density at radius 3 is 1.60 bits per heavy atom. The molecule has 5 heteroatoms. The summed E-state index contributed by atoms with van der Waals surface area (Å²) in [4.78, 5) is 0. The molecule has 0 radical (unpaired) electrons. The second-order valence-electron chi connectivity index (χ2n) is 5.02. The molecule has 0 aliphatic rings. The molecule has 0 rings (SSSR count). The van der Waals surface area contributed by atoms with Gasteiger partial charge in [-0.3, -0.25) is 0 Å². The molecule has 0 saturated heterocycles. The summed E-state index contributed by atoms with van der Waals surface area (Å²) in [5, 5.41) is 0. The van der Waals surface area contributed by atoms with Crippen LogP contribution in [0.25, 0.3) is 0 Å². The molecular weight excluding hydrogens is 272 g/mol. The molecule has 0 N–H and O–H groups in total. The van der Waals surface area contributed by atoms with Crippen LogP contribution in [0.1, 0.15) is 71.6 Å². The smallest absolute Gasteiger partial charge is 0.355 e. The van der Waals surface area contributed by atoms with Gasteiger partial charge in [0.05, 0.1) is 0 Å². The molecule has 0 saturated carbocycles. The predicted octanol–water partition coefficient (Wildman–Crippen LogP) is 4.30. The van der Waals surface area contributed by atoms with Gasteiger partial charge in [0, 0.05) is 27.4 Å². The molecular formula is C15H34O4Si. The van der Waals surface area contributed by atoms with Crippen LogP contribution in [-0.2, 0) is 17.7 Å². The molecule has 0 aromatic rings. The van der Waals surface area contributed by atoms with E-state index in [9.17, 15) is 0 Å². The molecule has 0 atom stereocenters. The van der Waals surface area contributed by atoms with Crippen molar-refractivity contribution >= 4 is 9.05 Å². The first kappa shape index (κ1) is 20.1. The van der Waals surface area contributed by atoms with E-state index in [4.69, 9.17) is 17.7 Å². The summed E-state index contributed by atoms with van der Waals surface area (Å²) in [6.45, 7) is 5.38. The Hall–Kier alpha value is 0.0569. The Morgan fingerprint density at radius 1 is 0.650 bits per heavy atom. The van der Waals surface area contributed by atoms with E-state index in [1.807, 2.05) is 6.92 Å². The van der Waals surface area contributed by atoms with E-state index in [0.717, 1.165) is 6.42 Å². The zero-order chi connectivity index (χ0) is 15.1. The van der Waals surface area contributed by atoms with Gasteiger partial charge in [-0.1, -0.05) is 58.3 Å². The maximum absolute atomic E-state index is 5.70. The number of hydrogen-bond donors (Lipinski definition) is 0. The lowest BCUT2D eigenvalue weighted by atomic mass is 10.1. The van der Waals surface area contributed by atoms with Crippen LogP contribution in [0, 0.1) is 0 Å². The number of hydrogen-bond acceptors (Lipinski definition) is 4. The van der Waals surface area contributed by atoms with Gasteiger partial charge in [-0.25, -0.2) is 0 Å². The van der Waals surface area contributed by atoms with Crippen LogP contribution in [0.5, 0.6) is 0 Å². The Kier molecular flexibility index (Phi) is 14.1. The fourth-order valence-electron chi connectivity index (χ4n) is 2.15. The van der Waals surface area contributed by atoms with Crippen LogP contribution in [0.15, 0.2) is 0 Å². The minimum atomic E-state index is -2.83. The first-order valence-corrected chi connectivity index (χ1v) is 9.76. The minimum absolute atomic E-state index is 0.547. The molecule has 4 nitrogen and oxygen atoms in total. The monoisotopic (exact) mass is 306 g/mol. The van der Waals surface area contributed by atoms with E-state index in [0.29, 0.717) is 13.2 Å². The summed E-state index contributed by atoms with van der Waals surface area (Å²) in [5.74, 6) is 0. The lowest BCUT2D eigenvalue weighted by molar-refractivity contribution is -0.00671. The summed E-state index contributed by atoms with van der Waals surface area (Å²) in [6.07, 6.45) is 11.7. The summed E-state index contributed by atoms with van der Waals surface area (Å²) in [6, 6.07) is 0. The van der Waals surface area contributed by atoms with Crippen LogP contribution < -0.4 is 0 Å². The van der Waals surface area contributed by atoms with Gasteiger partial charge in [0.1, 0.15) is 0 Å². The lowest BCUT2D eigenvalue weighted by Crippen LogP contribution is -2.47. The van der Waals surface area contributed by atoms with Crippen molar-refractivity contribution in [2.75, 3.05) is 27.4 Å². The molecule has 0 aromatic carbocycles. The summed E-state index contributed by atoms with van der Waals surface area (Å²) in [7, 11) is 0.336. The Labute approximate surface area is 126 Å². The SMILES string of the molecule is CCCCCCCCCCCO[Si](OC)(OC)OCC. The largest absolute Gasteiger partial charge is 0.679 e. The molecule has 0 amide bonds. The van der Waals surface area contributed by atoms with E-state index >= 15 is 0 Å². The predicted molar refractivity (Wildman–Crippen MR) is 84.6 cm³/mol. The summed E-state index contributed by atoms with van der Waals surface area (Å²) >= 11 is 0. The van der Waals surface area contributed by atoms with Crippen molar-refractivity contribution in [3.8, 4) is 0 Å². The highest BCUT2D eigenvalue weighted by atomic mass is 28.4. The quantitative estimate of drug-likeness (QED) is 0.334. The van der Waals surface area contributed by atoms with Gasteiger partial charge in [-0.15, -0.1) is 0 Å². The molecule has 0 aliphatic heterocycles. The molecule has 0 spiro atoms. The van der Waals surface area contributed by atoms with Crippen LogP contribution in [0.2, 0.25) is 0 Å². The molecule has 0 bridgehead atoms. The van der Waals surface area contributed by atoms with Crippen molar-refractivity contribution in [2.24, 2.45) is 0 Å². The molecule has 0 heterocycles. The number of rotatable bonds is 15. The third-order valence-corrected chi connectivity index (χ3v) is 5.55. The highest BCUT2D eigenvalue weighted by Crippen LogP contribution is 2.12. The van der Waals surface area contributed by atoms with Crippen LogP contribution in [0.4, 0.5) is 0 Å². The highest BCUT2D eigenvalue weighted by molar-refractivity contribution is 6.53. The molecule has 0 unspecified atom stereocenters. The van der Waals surface area contributed by atoms with Gasteiger partial charge in [-0.05, 0) is 13.3 Å². The Morgan fingerprint density at radius 2 is 1.15 bits per heavy atom. The zero-order valence-corrected chi connectivity index (χ0v) is 14.9. The molecule has 0 aliphatic carbocycles. The minimum Gasteiger partial charge on any atom is -0.355 e. The topological polar surface area (TPSA) is 36.9 Å². The van der Waals surface area contributed by atoms with Crippen molar-refractivity contribution in [3.63, 3.8) is 0 Å². The van der Waals surface area contributed by atoms with Crippen molar-refractivity contribution in [2.45, 2.75) is 71.6 Å². The van der Waals surface area contributed by atoms with E-state index in [-0.39, 0.29) is 0 Å². The normalized spacial score (nSPS) is 12.0. The first-order valence-electron chi connectivity index (χ1n) is 8.12. The Balaban J connectivity index is 3.45. The standard InChI is InChI=1S/C15H34O4Si/c1-5-7-8-9-10-11-12-13-14-15-19-20(16-3,17-4)18-6-2/h5-15H2,1-4H3. The third-order valence-electron chi connectivity index (χ3n) is 3.35. The van der Waals surface area contributed by atoms with Gasteiger partial charge in [0.2, 0.25) is 0 Å². The van der Waals surface area contributed by atoms with E-state index in [1.165, 1.54) is 51.4 Å². The van der Waals surface area contributed by atoms with Gasteiger partial charge in [0.15, 0.2) is 0 Å². The van der Waals surface area contributed by atoms with E-state index < -0.39 is 9.05 Å². The summed E-state index contributed by atoms with van der Waals surface area (Å²) in [5.41, 5.74) is 0. The molecule has 122 valence electrons. The highest BCUT2D eigenvalue weighted by Gasteiger charge is 2.42. The molecule has 0 fully saturated rings. The van der Waals surface area contributed by atoms with Crippen LogP contribution >= 0.6 is 0 Å². The fraction of sp³-hybridized carbons (Fsp3) is 1.00. The fourth-order valence-corrected chi connectivity index (χ4v) is 3.62. The average molecular weight is 307 g/mol. The number of unbranched alkanes of at least 4 members (excludes halogenated alkanes) is 8. The third kappa shape index (κ3) is 9.88. The van der Waals surface area contributed by atoms with Crippen LogP contribution in [0.3, 0.4) is 0 Å². The van der Waals surface area contributed by atoms with Crippen molar-refractivity contribution in [1.29, 1.82) is 0 Å². The first-order chi connectivity index (χ1) is 9.74. The van der Waals surface area contributed by atoms with E-state index in [2.05, 4.69) is 6.92 Å². The van der Waals surface area contributed by atoms with Gasteiger partial charge in [0.25, 0.3) is 0 Å². The van der Waals surface area contributed by atoms with Crippen molar-refractivity contribution < 1.29 is 17.7 Å². The van der Waals surface area contributed by atoms with Crippen molar-refractivity contribution in [3.05, 3.63) is 0 Å². The van der Waals surface area contributed by atoms with Gasteiger partial charge in [-0.2, -0.15) is 0 Å². The molecule has 20 heavy (non-hydrogen) atoms. The second kappa shape index (κ2) is 14.0. The van der Waals surface area contributed by atoms with Gasteiger partial charge < -0.3 is 17.7 Å². The zero-order valence-electron chi connectivity index (χ0n) is 13.9. The second-order valence-corrected chi connectivity index (χ2v) is 7.41. The van der Waals surface area contributed by atoms with E-state index in [1.54, 1.807) is 14.2 Å². The summed E-state index contributed by atoms with van der Waals surface area (Å²) < 4.78 is 21.7.